The maximum Gasteiger partial charge on any atom is 0.0260 e. The van der Waals surface area contributed by atoms with Gasteiger partial charge in [-0.15, -0.1) is 0 Å². The van der Waals surface area contributed by atoms with E-state index in [1.165, 1.54) is 108 Å². The Hall–Kier alpha value is -0.820. The minimum Gasteiger partial charge on any atom is -0.296 e. The number of benzene rings is 1. The van der Waals surface area contributed by atoms with Crippen molar-refractivity contribution in [1.82, 2.24) is 4.90 Å². The molecule has 1 fully saturated rings. The Morgan fingerprint density at radius 1 is 0.759 bits per heavy atom. The molecular weight excluding hydrogens is 350 g/mol. The van der Waals surface area contributed by atoms with Crippen LogP contribution in [0.1, 0.15) is 116 Å². The maximum absolute atomic E-state index is 2.60. The maximum atomic E-state index is 2.60. The summed E-state index contributed by atoms with van der Waals surface area (Å²) >= 11 is 0. The molecule has 1 aromatic rings. The topological polar surface area (TPSA) is 3.24 Å². The van der Waals surface area contributed by atoms with Crippen LogP contribution in [0.4, 0.5) is 0 Å². The van der Waals surface area contributed by atoms with Crippen molar-refractivity contribution in [2.75, 3.05) is 6.54 Å². The first kappa shape index (κ1) is 24.4. The third kappa shape index (κ3) is 11.2. The lowest BCUT2D eigenvalue weighted by Gasteiger charge is -2.25. The molecule has 0 saturated carbocycles. The van der Waals surface area contributed by atoms with Gasteiger partial charge in [-0.05, 0) is 43.6 Å². The highest BCUT2D eigenvalue weighted by molar-refractivity contribution is 5.14. The zero-order valence-electron chi connectivity index (χ0n) is 19.8. The van der Waals surface area contributed by atoms with Crippen LogP contribution < -0.4 is 0 Å². The Morgan fingerprint density at radius 3 is 1.79 bits per heavy atom. The van der Waals surface area contributed by atoms with Gasteiger partial charge in [0.25, 0.3) is 0 Å². The molecule has 165 valence electrons. The van der Waals surface area contributed by atoms with Crippen molar-refractivity contribution in [3.05, 3.63) is 42.4 Å². The van der Waals surface area contributed by atoms with Crippen molar-refractivity contribution in [3.8, 4) is 0 Å². The van der Waals surface area contributed by atoms with Crippen molar-refractivity contribution in [2.24, 2.45) is 5.41 Å². The molecule has 1 saturated heterocycles. The normalized spacial score (nSPS) is 17.6. The summed E-state index contributed by atoms with van der Waals surface area (Å²) in [6.07, 6.45) is 21.1. The summed E-state index contributed by atoms with van der Waals surface area (Å²) in [5.74, 6) is 0. The largest absolute Gasteiger partial charge is 0.296 e. The van der Waals surface area contributed by atoms with E-state index >= 15 is 0 Å². The second-order valence-electron chi connectivity index (χ2n) is 10.3. The fourth-order valence-corrected chi connectivity index (χ4v) is 4.67. The van der Waals surface area contributed by atoms with E-state index in [2.05, 4.69) is 62.5 Å². The van der Waals surface area contributed by atoms with Crippen LogP contribution in [-0.2, 0) is 6.42 Å². The lowest BCUT2D eigenvalue weighted by Crippen LogP contribution is -2.30. The van der Waals surface area contributed by atoms with Crippen LogP contribution in [0.15, 0.2) is 30.3 Å². The molecule has 1 nitrogen and oxygen atoms in total. The number of hydrogen-bond donors (Lipinski definition) is 0. The summed E-state index contributed by atoms with van der Waals surface area (Å²) in [5.41, 5.74) is 2.00. The molecule has 2 rings (SSSR count). The molecule has 0 aliphatic carbocycles. The molecule has 1 aromatic carbocycles. The minimum atomic E-state index is 0.496. The SMILES string of the molecule is CC(CCCCCCCCCCCCCCc1ccccc1)N1[CH]CC(C)(C)C1. The first-order valence-electron chi connectivity index (χ1n) is 12.7. The smallest absolute Gasteiger partial charge is 0.0260 e. The van der Waals surface area contributed by atoms with Crippen LogP contribution in [0.5, 0.6) is 0 Å². The summed E-state index contributed by atoms with van der Waals surface area (Å²) in [7, 11) is 0. The Morgan fingerprint density at radius 2 is 1.28 bits per heavy atom. The van der Waals surface area contributed by atoms with E-state index in [1.54, 1.807) is 0 Å². The van der Waals surface area contributed by atoms with Crippen LogP contribution in [0.2, 0.25) is 0 Å². The predicted molar refractivity (Wildman–Crippen MR) is 129 cm³/mol. The molecule has 1 aliphatic heterocycles. The van der Waals surface area contributed by atoms with Gasteiger partial charge in [0.2, 0.25) is 0 Å². The number of nitrogens with zero attached hydrogens (tertiary/aromatic N) is 1. The van der Waals surface area contributed by atoms with Gasteiger partial charge in [0.15, 0.2) is 0 Å². The predicted octanol–water partition coefficient (Wildman–Crippen LogP) is 8.58. The van der Waals surface area contributed by atoms with E-state index in [0.717, 1.165) is 6.04 Å². The molecule has 1 radical (unpaired) electrons. The van der Waals surface area contributed by atoms with Gasteiger partial charge in [0.05, 0.1) is 0 Å². The quantitative estimate of drug-likeness (QED) is 0.252. The van der Waals surface area contributed by atoms with Gasteiger partial charge in [-0.2, -0.15) is 0 Å². The summed E-state index contributed by atoms with van der Waals surface area (Å²) in [4.78, 5) is 2.60. The fraction of sp³-hybridized carbons (Fsp3) is 0.750. The van der Waals surface area contributed by atoms with Crippen molar-refractivity contribution < 1.29 is 0 Å². The van der Waals surface area contributed by atoms with Gasteiger partial charge in [-0.25, -0.2) is 0 Å². The Labute approximate surface area is 182 Å². The Bertz CT molecular complexity index is 506. The van der Waals surface area contributed by atoms with Crippen LogP contribution in [0, 0.1) is 12.0 Å². The van der Waals surface area contributed by atoms with E-state index < -0.39 is 0 Å². The van der Waals surface area contributed by atoms with E-state index in [0.29, 0.717) is 5.41 Å². The van der Waals surface area contributed by atoms with Crippen LogP contribution in [0.25, 0.3) is 0 Å². The van der Waals surface area contributed by atoms with Gasteiger partial charge in [-0.1, -0.05) is 115 Å². The van der Waals surface area contributed by atoms with Gasteiger partial charge >= 0.3 is 0 Å². The molecule has 1 heterocycles. The molecular formula is C28H48N. The molecule has 1 unspecified atom stereocenters. The van der Waals surface area contributed by atoms with Gasteiger partial charge < -0.3 is 0 Å². The van der Waals surface area contributed by atoms with E-state index in [1.807, 2.05) is 0 Å². The van der Waals surface area contributed by atoms with Crippen molar-refractivity contribution >= 4 is 0 Å². The highest BCUT2D eigenvalue weighted by atomic mass is 15.2. The second-order valence-corrected chi connectivity index (χ2v) is 10.3. The summed E-state index contributed by atoms with van der Waals surface area (Å²) in [6.45, 7) is 10.9. The molecule has 0 aromatic heterocycles. The fourth-order valence-electron chi connectivity index (χ4n) is 4.67. The van der Waals surface area contributed by atoms with E-state index in [9.17, 15) is 0 Å². The van der Waals surface area contributed by atoms with E-state index in [-0.39, 0.29) is 0 Å². The number of rotatable bonds is 16. The molecule has 29 heavy (non-hydrogen) atoms. The van der Waals surface area contributed by atoms with E-state index in [4.69, 9.17) is 0 Å². The third-order valence-electron chi connectivity index (χ3n) is 6.74. The molecule has 0 amide bonds. The summed E-state index contributed by atoms with van der Waals surface area (Å²) in [6, 6.07) is 11.7. The molecule has 0 spiro atoms. The van der Waals surface area contributed by atoms with Gasteiger partial charge in [0.1, 0.15) is 0 Å². The number of hydrogen-bond acceptors (Lipinski definition) is 1. The van der Waals surface area contributed by atoms with Crippen molar-refractivity contribution in [1.29, 1.82) is 0 Å². The molecule has 1 atom stereocenters. The summed E-state index contributed by atoms with van der Waals surface area (Å²) in [5, 5.41) is 0. The third-order valence-corrected chi connectivity index (χ3v) is 6.74. The number of aryl methyl sites for hydroxylation is 1. The number of unbranched alkanes of at least 4 members (excludes halogenated alkanes) is 11. The van der Waals surface area contributed by atoms with Gasteiger partial charge in [0, 0.05) is 19.1 Å². The monoisotopic (exact) mass is 398 g/mol. The first-order chi connectivity index (χ1) is 14.1. The molecule has 0 N–H and O–H groups in total. The zero-order valence-corrected chi connectivity index (χ0v) is 19.8. The van der Waals surface area contributed by atoms with Crippen molar-refractivity contribution in [3.63, 3.8) is 0 Å². The second kappa shape index (κ2) is 14.2. The average molecular weight is 399 g/mol. The highest BCUT2D eigenvalue weighted by Gasteiger charge is 2.31. The Balaban J connectivity index is 1.29. The molecule has 0 bridgehead atoms. The first-order valence-corrected chi connectivity index (χ1v) is 12.7. The van der Waals surface area contributed by atoms with Crippen LogP contribution in [0.3, 0.4) is 0 Å². The lowest BCUT2D eigenvalue weighted by molar-refractivity contribution is 0.238. The summed E-state index contributed by atoms with van der Waals surface area (Å²) < 4.78 is 0. The van der Waals surface area contributed by atoms with Crippen LogP contribution in [-0.4, -0.2) is 17.5 Å². The number of likely N-dealkylation sites (tertiary alicyclic amines) is 1. The van der Waals surface area contributed by atoms with Crippen molar-refractivity contribution in [2.45, 2.75) is 123 Å². The highest BCUT2D eigenvalue weighted by Crippen LogP contribution is 2.33. The average Bonchev–Trinajstić information content (AvgIpc) is 3.08. The standard InChI is InChI=1S/C28H48N/c1-26(29-24-23-28(2,3)25-29)19-15-12-10-8-6-4-5-7-9-11-13-16-20-27-21-17-14-18-22-27/h14,17-18,21-22,24,26H,4-13,15-16,19-20,23,25H2,1-3H3. The molecule has 1 heteroatoms. The minimum absolute atomic E-state index is 0.496. The van der Waals surface area contributed by atoms with Crippen LogP contribution >= 0.6 is 0 Å². The van der Waals surface area contributed by atoms with Gasteiger partial charge in [-0.3, -0.25) is 4.90 Å². The lowest BCUT2D eigenvalue weighted by atomic mass is 9.93. The Kier molecular flexibility index (Phi) is 12.0. The molecule has 1 aliphatic rings. The zero-order chi connectivity index (χ0) is 20.8.